The van der Waals surface area contributed by atoms with Gasteiger partial charge in [0.25, 0.3) is 0 Å². The number of nitrogens with zero attached hydrogens (tertiary/aromatic N) is 3. The van der Waals surface area contributed by atoms with Crippen LogP contribution in [-0.2, 0) is 32.6 Å². The predicted octanol–water partition coefficient (Wildman–Crippen LogP) is 3.04. The third kappa shape index (κ3) is 5.03. The van der Waals surface area contributed by atoms with E-state index < -0.39 is 22.6 Å². The second-order valence-electron chi connectivity index (χ2n) is 7.42. The number of esters is 1. The van der Waals surface area contributed by atoms with Crippen LogP contribution >= 0.6 is 0 Å². The molecule has 34 heavy (non-hydrogen) atoms. The number of fused-ring (bicyclic) bond motifs is 1. The second kappa shape index (κ2) is 10.0. The highest BCUT2D eigenvalue weighted by atomic mass is 32.2. The van der Waals surface area contributed by atoms with Crippen molar-refractivity contribution in [1.82, 2.24) is 13.9 Å². The number of rotatable bonds is 8. The van der Waals surface area contributed by atoms with E-state index in [2.05, 4.69) is 9.72 Å². The Balaban J connectivity index is 1.54. The van der Waals surface area contributed by atoms with Gasteiger partial charge in [0.2, 0.25) is 10.0 Å². The van der Waals surface area contributed by atoms with Crippen molar-refractivity contribution in [3.63, 3.8) is 0 Å². The van der Waals surface area contributed by atoms with E-state index in [1.807, 2.05) is 11.5 Å². The first kappa shape index (κ1) is 24.0. The molecule has 0 amide bonds. The summed E-state index contributed by atoms with van der Waals surface area (Å²) in [7, 11) is -3.68. The molecule has 1 saturated heterocycles. The summed E-state index contributed by atoms with van der Waals surface area (Å²) < 4.78 is 68.8. The number of benzene rings is 2. The van der Waals surface area contributed by atoms with Crippen LogP contribution in [0.2, 0.25) is 0 Å². The van der Waals surface area contributed by atoms with Crippen LogP contribution in [0, 0.1) is 0 Å². The van der Waals surface area contributed by atoms with Gasteiger partial charge in [0.1, 0.15) is 18.2 Å². The van der Waals surface area contributed by atoms with Crippen molar-refractivity contribution in [3.8, 4) is 5.75 Å². The van der Waals surface area contributed by atoms with Gasteiger partial charge in [-0.25, -0.2) is 18.2 Å². The van der Waals surface area contributed by atoms with Gasteiger partial charge in [-0.1, -0.05) is 6.07 Å². The molecule has 9 nitrogen and oxygen atoms in total. The Labute approximate surface area is 194 Å². The number of sulfonamides is 1. The third-order valence-electron chi connectivity index (χ3n) is 5.35. The van der Waals surface area contributed by atoms with Crippen molar-refractivity contribution in [2.45, 2.75) is 31.6 Å². The van der Waals surface area contributed by atoms with E-state index in [0.29, 0.717) is 36.6 Å². The molecule has 2 aromatic carbocycles. The van der Waals surface area contributed by atoms with E-state index in [9.17, 15) is 22.0 Å². The lowest BCUT2D eigenvalue weighted by Gasteiger charge is -2.26. The Bertz CT molecular complexity index is 1290. The topological polar surface area (TPSA) is 100.0 Å². The number of ether oxygens (including phenoxy) is 3. The molecule has 2 heterocycles. The average Bonchev–Trinajstić information content (AvgIpc) is 3.19. The van der Waals surface area contributed by atoms with Gasteiger partial charge >= 0.3 is 12.6 Å². The zero-order valence-corrected chi connectivity index (χ0v) is 19.1. The van der Waals surface area contributed by atoms with Gasteiger partial charge in [-0.15, -0.1) is 0 Å². The molecule has 0 radical (unpaired) electrons. The predicted molar refractivity (Wildman–Crippen MR) is 117 cm³/mol. The number of halogens is 2. The minimum Gasteiger partial charge on any atom is -0.454 e. The maximum absolute atomic E-state index is 13.0. The number of carbonyl (C=O) groups is 1. The first-order chi connectivity index (χ1) is 16.3. The van der Waals surface area contributed by atoms with E-state index in [1.54, 1.807) is 6.07 Å². The van der Waals surface area contributed by atoms with Crippen molar-refractivity contribution in [1.29, 1.82) is 0 Å². The van der Waals surface area contributed by atoms with Gasteiger partial charge in [-0.2, -0.15) is 13.1 Å². The number of morpholine rings is 1. The van der Waals surface area contributed by atoms with Gasteiger partial charge < -0.3 is 18.8 Å². The van der Waals surface area contributed by atoms with Gasteiger partial charge in [-0.3, -0.25) is 0 Å². The largest absolute Gasteiger partial charge is 0.454 e. The van der Waals surface area contributed by atoms with Crippen LogP contribution in [0.15, 0.2) is 47.4 Å². The number of carbonyl (C=O) groups excluding carboxylic acids is 1. The van der Waals surface area contributed by atoms with Crippen LogP contribution in [-0.4, -0.2) is 61.2 Å². The van der Waals surface area contributed by atoms with Crippen LogP contribution < -0.4 is 4.74 Å². The summed E-state index contributed by atoms with van der Waals surface area (Å²) in [6, 6.07) is 10.0. The molecular weight excluding hydrogens is 472 g/mol. The first-order valence-corrected chi connectivity index (χ1v) is 12.0. The molecule has 1 aromatic heterocycles. The maximum Gasteiger partial charge on any atom is 0.387 e. The van der Waals surface area contributed by atoms with Crippen molar-refractivity contribution in [3.05, 3.63) is 53.9 Å². The summed E-state index contributed by atoms with van der Waals surface area (Å²) in [6.07, 6.45) is 0. The van der Waals surface area contributed by atoms with Crippen molar-refractivity contribution < 1.29 is 36.2 Å². The molecule has 0 bridgehead atoms. The SMILES string of the molecule is CCn1c(COC(=O)c2cccc(OC(F)F)c2)nc2cc(S(=O)(=O)N3CCOCC3)ccc21. The summed E-state index contributed by atoms with van der Waals surface area (Å²) >= 11 is 0. The molecule has 0 atom stereocenters. The Kier molecular flexibility index (Phi) is 7.10. The molecule has 0 N–H and O–H groups in total. The van der Waals surface area contributed by atoms with Gasteiger partial charge in [-0.05, 0) is 43.3 Å². The van der Waals surface area contributed by atoms with E-state index in [1.165, 1.54) is 40.7 Å². The zero-order chi connectivity index (χ0) is 24.3. The summed E-state index contributed by atoms with van der Waals surface area (Å²) in [4.78, 5) is 17.0. The fraction of sp³-hybridized carbons (Fsp3) is 0.364. The zero-order valence-electron chi connectivity index (χ0n) is 18.3. The van der Waals surface area contributed by atoms with Gasteiger partial charge in [0, 0.05) is 19.6 Å². The minimum absolute atomic E-state index is 0.0520. The van der Waals surface area contributed by atoms with E-state index >= 15 is 0 Å². The quantitative estimate of drug-likeness (QED) is 0.443. The number of alkyl halides is 2. The standard InChI is InChI=1S/C22H23F2N3O6S/c1-2-27-19-7-6-17(34(29,30)26-8-10-31-11-9-26)13-18(19)25-20(27)14-32-21(28)15-4-3-5-16(12-15)33-22(23)24/h3-7,12-13,22H,2,8-11,14H2,1H3. The molecule has 0 aliphatic carbocycles. The molecule has 0 saturated carbocycles. The highest BCUT2D eigenvalue weighted by Gasteiger charge is 2.27. The van der Waals surface area contributed by atoms with Crippen LogP contribution in [0.5, 0.6) is 5.75 Å². The molecule has 12 heteroatoms. The Morgan fingerprint density at radius 3 is 2.65 bits per heavy atom. The summed E-state index contributed by atoms with van der Waals surface area (Å²) in [5, 5.41) is 0. The molecule has 1 aliphatic rings. The smallest absolute Gasteiger partial charge is 0.387 e. The fourth-order valence-electron chi connectivity index (χ4n) is 3.73. The third-order valence-corrected chi connectivity index (χ3v) is 7.24. The van der Waals surface area contributed by atoms with Crippen LogP contribution in [0.25, 0.3) is 11.0 Å². The summed E-state index contributed by atoms with van der Waals surface area (Å²) in [5.41, 5.74) is 1.20. The Hall–Kier alpha value is -3.09. The Morgan fingerprint density at radius 2 is 1.94 bits per heavy atom. The Morgan fingerprint density at radius 1 is 1.18 bits per heavy atom. The molecule has 0 spiro atoms. The van der Waals surface area contributed by atoms with Gasteiger partial charge in [0.05, 0.1) is 34.7 Å². The maximum atomic E-state index is 13.0. The highest BCUT2D eigenvalue weighted by molar-refractivity contribution is 7.89. The lowest BCUT2D eigenvalue weighted by atomic mass is 10.2. The normalized spacial score (nSPS) is 15.1. The monoisotopic (exact) mass is 495 g/mol. The second-order valence-corrected chi connectivity index (χ2v) is 9.36. The number of hydrogen-bond donors (Lipinski definition) is 0. The average molecular weight is 496 g/mol. The first-order valence-electron chi connectivity index (χ1n) is 10.6. The number of imidazole rings is 1. The summed E-state index contributed by atoms with van der Waals surface area (Å²) in [5.74, 6) is -0.462. The molecule has 1 aliphatic heterocycles. The number of hydrogen-bond acceptors (Lipinski definition) is 7. The molecule has 4 rings (SSSR count). The molecule has 3 aromatic rings. The number of aromatic nitrogens is 2. The van der Waals surface area contributed by atoms with Crippen molar-refractivity contribution >= 4 is 27.0 Å². The lowest BCUT2D eigenvalue weighted by molar-refractivity contribution is -0.0499. The van der Waals surface area contributed by atoms with Crippen molar-refractivity contribution in [2.75, 3.05) is 26.3 Å². The summed E-state index contributed by atoms with van der Waals surface area (Å²) in [6.45, 7) is 0.465. The number of aryl methyl sites for hydroxylation is 1. The lowest BCUT2D eigenvalue weighted by Crippen LogP contribution is -2.40. The molecule has 1 fully saturated rings. The van der Waals surface area contributed by atoms with Gasteiger partial charge in [0.15, 0.2) is 0 Å². The van der Waals surface area contributed by atoms with E-state index in [0.717, 1.165) is 0 Å². The molecule has 0 unspecified atom stereocenters. The highest BCUT2D eigenvalue weighted by Crippen LogP contribution is 2.24. The minimum atomic E-state index is -3.68. The van der Waals surface area contributed by atoms with Crippen LogP contribution in [0.4, 0.5) is 8.78 Å². The molecular formula is C22H23F2N3O6S. The molecule has 182 valence electrons. The van der Waals surface area contributed by atoms with Crippen LogP contribution in [0.3, 0.4) is 0 Å². The van der Waals surface area contributed by atoms with E-state index in [4.69, 9.17) is 9.47 Å². The fourth-order valence-corrected chi connectivity index (χ4v) is 5.16. The van der Waals surface area contributed by atoms with Crippen LogP contribution in [0.1, 0.15) is 23.1 Å². The van der Waals surface area contributed by atoms with E-state index in [-0.39, 0.29) is 35.9 Å². The van der Waals surface area contributed by atoms with Crippen molar-refractivity contribution in [2.24, 2.45) is 0 Å².